The second-order valence-electron chi connectivity index (χ2n) is 6.53. The van der Waals surface area contributed by atoms with Crippen LogP contribution in [-0.2, 0) is 6.61 Å². The van der Waals surface area contributed by atoms with Crippen LogP contribution in [0.25, 0.3) is 5.69 Å². The van der Waals surface area contributed by atoms with E-state index in [2.05, 4.69) is 15.4 Å². The van der Waals surface area contributed by atoms with Crippen LogP contribution in [0.5, 0.6) is 5.88 Å². The second kappa shape index (κ2) is 8.39. The number of anilines is 1. The third kappa shape index (κ3) is 4.50. The number of carbonyl (C=O) groups is 1. The van der Waals surface area contributed by atoms with Crippen molar-refractivity contribution in [1.82, 2.24) is 14.8 Å². The van der Waals surface area contributed by atoms with E-state index < -0.39 is 0 Å². The third-order valence-electron chi connectivity index (χ3n) is 4.34. The van der Waals surface area contributed by atoms with E-state index in [1.54, 1.807) is 29.1 Å². The first kappa shape index (κ1) is 18.4. The molecule has 0 spiro atoms. The zero-order chi connectivity index (χ0) is 20.1. The fraction of sp³-hybridized carbons (Fsp3) is 0.0870. The van der Waals surface area contributed by atoms with Crippen molar-refractivity contribution in [3.8, 4) is 11.6 Å². The minimum absolute atomic E-state index is 0.289. The average molecular weight is 384 g/mol. The van der Waals surface area contributed by atoms with Crippen molar-refractivity contribution in [2.24, 2.45) is 0 Å². The highest BCUT2D eigenvalue weighted by atomic mass is 16.5. The Morgan fingerprint density at radius 2 is 1.72 bits per heavy atom. The van der Waals surface area contributed by atoms with E-state index in [1.807, 2.05) is 67.6 Å². The number of aromatic nitrogens is 3. The number of pyridine rings is 1. The molecule has 2 aromatic carbocycles. The molecular formula is C23H20N4O2. The lowest BCUT2D eigenvalue weighted by Crippen LogP contribution is -2.13. The minimum Gasteiger partial charge on any atom is -0.473 e. The zero-order valence-electron chi connectivity index (χ0n) is 15.9. The van der Waals surface area contributed by atoms with Gasteiger partial charge in [0.25, 0.3) is 5.91 Å². The summed E-state index contributed by atoms with van der Waals surface area (Å²) in [4.78, 5) is 16.8. The SMILES string of the molecule is Cc1cc(C(=O)Nc2ccc(OCc3ccccc3)nc2)nn1-c1ccccc1. The van der Waals surface area contributed by atoms with Gasteiger partial charge in [0.1, 0.15) is 6.61 Å². The van der Waals surface area contributed by atoms with Crippen molar-refractivity contribution >= 4 is 11.6 Å². The lowest BCUT2D eigenvalue weighted by atomic mass is 10.2. The van der Waals surface area contributed by atoms with Gasteiger partial charge in [-0.2, -0.15) is 5.10 Å². The van der Waals surface area contributed by atoms with E-state index in [1.165, 1.54) is 0 Å². The molecule has 0 fully saturated rings. The number of benzene rings is 2. The molecule has 0 saturated heterocycles. The van der Waals surface area contributed by atoms with Crippen molar-refractivity contribution in [3.63, 3.8) is 0 Å². The number of aryl methyl sites for hydroxylation is 1. The topological polar surface area (TPSA) is 69.0 Å². The lowest BCUT2D eigenvalue weighted by Gasteiger charge is -2.07. The van der Waals surface area contributed by atoms with E-state index in [9.17, 15) is 4.79 Å². The first-order chi connectivity index (χ1) is 14.2. The van der Waals surface area contributed by atoms with Crippen LogP contribution in [0.2, 0.25) is 0 Å². The number of hydrogen-bond acceptors (Lipinski definition) is 4. The number of amides is 1. The van der Waals surface area contributed by atoms with Crippen molar-refractivity contribution in [1.29, 1.82) is 0 Å². The standard InChI is InChI=1S/C23H20N4O2/c1-17-14-21(26-27(17)20-10-6-3-7-11-20)23(28)25-19-12-13-22(24-15-19)29-16-18-8-4-2-5-9-18/h2-15H,16H2,1H3,(H,25,28). The van der Waals surface area contributed by atoms with Gasteiger partial charge in [-0.25, -0.2) is 9.67 Å². The van der Waals surface area contributed by atoms with Crippen LogP contribution >= 0.6 is 0 Å². The molecule has 0 bridgehead atoms. The quantitative estimate of drug-likeness (QED) is 0.535. The number of para-hydroxylation sites is 1. The normalized spacial score (nSPS) is 10.5. The molecule has 4 rings (SSSR count). The molecule has 0 atom stereocenters. The van der Waals surface area contributed by atoms with Crippen LogP contribution in [0, 0.1) is 6.92 Å². The van der Waals surface area contributed by atoms with Gasteiger partial charge in [0.05, 0.1) is 17.6 Å². The molecule has 2 heterocycles. The van der Waals surface area contributed by atoms with Crippen LogP contribution < -0.4 is 10.1 Å². The zero-order valence-corrected chi connectivity index (χ0v) is 15.9. The van der Waals surface area contributed by atoms with Gasteiger partial charge in [0.2, 0.25) is 5.88 Å². The van der Waals surface area contributed by atoms with E-state index in [0.29, 0.717) is 23.9 Å². The predicted molar refractivity (Wildman–Crippen MR) is 111 cm³/mol. The molecule has 0 aliphatic rings. The average Bonchev–Trinajstić information content (AvgIpc) is 3.16. The summed E-state index contributed by atoms with van der Waals surface area (Å²) in [5.74, 6) is 0.207. The van der Waals surface area contributed by atoms with Gasteiger partial charge in [-0.15, -0.1) is 0 Å². The Balaban J connectivity index is 1.40. The number of ether oxygens (including phenoxy) is 1. The lowest BCUT2D eigenvalue weighted by molar-refractivity contribution is 0.102. The molecule has 144 valence electrons. The molecule has 0 radical (unpaired) electrons. The Morgan fingerprint density at radius 3 is 2.41 bits per heavy atom. The van der Waals surface area contributed by atoms with E-state index in [4.69, 9.17) is 4.74 Å². The summed E-state index contributed by atoms with van der Waals surface area (Å²) in [5, 5.41) is 7.23. The van der Waals surface area contributed by atoms with Gasteiger partial charge >= 0.3 is 0 Å². The van der Waals surface area contributed by atoms with Crippen molar-refractivity contribution in [2.45, 2.75) is 13.5 Å². The molecular weight excluding hydrogens is 364 g/mol. The number of nitrogens with one attached hydrogen (secondary N) is 1. The maximum Gasteiger partial charge on any atom is 0.276 e. The molecule has 2 aromatic heterocycles. The maximum absolute atomic E-state index is 12.6. The second-order valence-corrected chi connectivity index (χ2v) is 6.53. The summed E-state index contributed by atoms with van der Waals surface area (Å²) in [5.41, 5.74) is 3.77. The van der Waals surface area contributed by atoms with Gasteiger partial charge in [-0.05, 0) is 36.8 Å². The van der Waals surface area contributed by atoms with Gasteiger partial charge < -0.3 is 10.1 Å². The highest BCUT2D eigenvalue weighted by Gasteiger charge is 2.13. The number of nitrogens with zero attached hydrogens (tertiary/aromatic N) is 3. The first-order valence-electron chi connectivity index (χ1n) is 9.25. The van der Waals surface area contributed by atoms with Gasteiger partial charge in [0.15, 0.2) is 5.69 Å². The Kier molecular flexibility index (Phi) is 5.33. The minimum atomic E-state index is -0.289. The van der Waals surface area contributed by atoms with Crippen LogP contribution in [0.4, 0.5) is 5.69 Å². The van der Waals surface area contributed by atoms with Crippen LogP contribution in [-0.4, -0.2) is 20.7 Å². The fourth-order valence-corrected chi connectivity index (χ4v) is 2.88. The summed E-state index contributed by atoms with van der Waals surface area (Å²) in [6, 6.07) is 24.8. The van der Waals surface area contributed by atoms with Gasteiger partial charge in [-0.1, -0.05) is 48.5 Å². The van der Waals surface area contributed by atoms with Crippen LogP contribution in [0.1, 0.15) is 21.7 Å². The fourth-order valence-electron chi connectivity index (χ4n) is 2.88. The highest BCUT2D eigenvalue weighted by molar-refractivity contribution is 6.02. The molecule has 0 aliphatic carbocycles. The van der Waals surface area contributed by atoms with Gasteiger partial charge in [-0.3, -0.25) is 4.79 Å². The Morgan fingerprint density at radius 1 is 1.00 bits per heavy atom. The molecule has 6 heteroatoms. The highest BCUT2D eigenvalue weighted by Crippen LogP contribution is 2.16. The van der Waals surface area contributed by atoms with Crippen LogP contribution in [0.15, 0.2) is 85.1 Å². The Bertz CT molecular complexity index is 1090. The summed E-state index contributed by atoms with van der Waals surface area (Å²) < 4.78 is 7.41. The molecule has 4 aromatic rings. The first-order valence-corrected chi connectivity index (χ1v) is 9.25. The summed E-state index contributed by atoms with van der Waals surface area (Å²) in [6.45, 7) is 2.35. The molecule has 0 saturated carbocycles. The summed E-state index contributed by atoms with van der Waals surface area (Å²) in [7, 11) is 0. The Labute approximate surface area is 168 Å². The summed E-state index contributed by atoms with van der Waals surface area (Å²) >= 11 is 0. The monoisotopic (exact) mass is 384 g/mol. The van der Waals surface area contributed by atoms with E-state index in [-0.39, 0.29) is 5.91 Å². The third-order valence-corrected chi connectivity index (χ3v) is 4.34. The number of hydrogen-bond donors (Lipinski definition) is 1. The van der Waals surface area contributed by atoms with Crippen molar-refractivity contribution in [3.05, 3.63) is 102 Å². The van der Waals surface area contributed by atoms with Gasteiger partial charge in [0, 0.05) is 11.8 Å². The largest absolute Gasteiger partial charge is 0.473 e. The van der Waals surface area contributed by atoms with E-state index in [0.717, 1.165) is 16.9 Å². The Hall–Kier alpha value is -3.93. The molecule has 29 heavy (non-hydrogen) atoms. The molecule has 0 unspecified atom stereocenters. The molecule has 1 N–H and O–H groups in total. The molecule has 6 nitrogen and oxygen atoms in total. The number of rotatable bonds is 6. The maximum atomic E-state index is 12.6. The molecule has 1 amide bonds. The van der Waals surface area contributed by atoms with Crippen molar-refractivity contribution in [2.75, 3.05) is 5.32 Å². The molecule has 0 aliphatic heterocycles. The smallest absolute Gasteiger partial charge is 0.276 e. The van der Waals surface area contributed by atoms with Crippen LogP contribution in [0.3, 0.4) is 0 Å². The van der Waals surface area contributed by atoms with Crippen molar-refractivity contribution < 1.29 is 9.53 Å². The van der Waals surface area contributed by atoms with E-state index >= 15 is 0 Å². The predicted octanol–water partition coefficient (Wildman–Crippen LogP) is 4.41. The number of carbonyl (C=O) groups excluding carboxylic acids is 1. The summed E-state index contributed by atoms with van der Waals surface area (Å²) in [6.07, 6.45) is 1.57.